The topological polar surface area (TPSA) is 64.7 Å². The Morgan fingerprint density at radius 3 is 2.68 bits per heavy atom. The van der Waals surface area contributed by atoms with E-state index in [1.54, 1.807) is 4.90 Å². The molecule has 28 heavy (non-hydrogen) atoms. The van der Waals surface area contributed by atoms with E-state index < -0.39 is 0 Å². The number of nitrogens with one attached hydrogen (secondary N) is 2. The highest BCUT2D eigenvalue weighted by atomic mass is 32.1. The zero-order valence-electron chi connectivity index (χ0n) is 16.9. The first-order chi connectivity index (χ1) is 13.5. The van der Waals surface area contributed by atoms with Gasteiger partial charge in [0.25, 0.3) is 0 Å². The van der Waals surface area contributed by atoms with Crippen molar-refractivity contribution in [3.63, 3.8) is 0 Å². The molecule has 3 aliphatic rings. The lowest BCUT2D eigenvalue weighted by atomic mass is 9.98. The number of carbonyl (C=O) groups excluding carboxylic acids is 2. The van der Waals surface area contributed by atoms with Gasteiger partial charge >= 0.3 is 0 Å². The molecule has 4 rings (SSSR count). The Bertz CT molecular complexity index is 713. The standard InChI is InChI=1S/C21H32N4O2S/c1-14(2)19-21(27)25-12-15(10-18(25)20(26)23-19)22-11-16-6-7-17(28-16)13-24-8-4-3-5-9-24/h6-7,14-15,18-19,22H,3-5,8-13H2,1-2H3,(H,23,26)/t15-,18-,19+/m0/s1. The van der Waals surface area contributed by atoms with Gasteiger partial charge in [-0.1, -0.05) is 20.3 Å². The van der Waals surface area contributed by atoms with Gasteiger partial charge in [-0.3, -0.25) is 14.5 Å². The summed E-state index contributed by atoms with van der Waals surface area (Å²) in [7, 11) is 0. The molecule has 0 unspecified atom stereocenters. The fourth-order valence-corrected chi connectivity index (χ4v) is 5.61. The van der Waals surface area contributed by atoms with Crippen LogP contribution in [0.5, 0.6) is 0 Å². The van der Waals surface area contributed by atoms with Crippen molar-refractivity contribution in [3.05, 3.63) is 21.9 Å². The number of amides is 2. The summed E-state index contributed by atoms with van der Waals surface area (Å²) >= 11 is 1.88. The number of piperidine rings is 1. The van der Waals surface area contributed by atoms with Crippen molar-refractivity contribution in [2.45, 2.75) is 70.7 Å². The third-order valence-electron chi connectivity index (χ3n) is 6.23. The number of hydrogen-bond acceptors (Lipinski definition) is 5. The summed E-state index contributed by atoms with van der Waals surface area (Å²) in [6.45, 7) is 8.90. The maximum absolute atomic E-state index is 12.7. The van der Waals surface area contributed by atoms with Gasteiger partial charge in [-0.2, -0.15) is 0 Å². The Morgan fingerprint density at radius 2 is 1.93 bits per heavy atom. The Hall–Kier alpha value is -1.44. The number of piperazine rings is 1. The fraction of sp³-hybridized carbons (Fsp3) is 0.714. The predicted molar refractivity (Wildman–Crippen MR) is 111 cm³/mol. The summed E-state index contributed by atoms with van der Waals surface area (Å²) in [6, 6.07) is 3.96. The molecule has 0 saturated carbocycles. The van der Waals surface area contributed by atoms with Gasteiger partial charge < -0.3 is 15.5 Å². The van der Waals surface area contributed by atoms with Crippen LogP contribution in [0.25, 0.3) is 0 Å². The fourth-order valence-electron chi connectivity index (χ4n) is 4.60. The number of fused-ring (bicyclic) bond motifs is 1. The van der Waals surface area contributed by atoms with E-state index in [-0.39, 0.29) is 35.9 Å². The van der Waals surface area contributed by atoms with Crippen LogP contribution < -0.4 is 10.6 Å². The Balaban J connectivity index is 1.29. The van der Waals surface area contributed by atoms with Gasteiger partial charge in [0.05, 0.1) is 0 Å². The summed E-state index contributed by atoms with van der Waals surface area (Å²) in [5, 5.41) is 6.49. The SMILES string of the molecule is CC(C)[C@H]1NC(=O)[C@@H]2C[C@H](NCc3ccc(CN4CCCCC4)s3)CN2C1=O. The summed E-state index contributed by atoms with van der Waals surface area (Å²) in [6.07, 6.45) is 4.72. The molecule has 2 amide bonds. The lowest BCUT2D eigenvalue weighted by Crippen LogP contribution is -2.62. The van der Waals surface area contributed by atoms with Gasteiger partial charge in [-0.15, -0.1) is 11.3 Å². The lowest BCUT2D eigenvalue weighted by Gasteiger charge is -2.36. The molecule has 1 aromatic heterocycles. The molecule has 3 atom stereocenters. The first kappa shape index (κ1) is 19.9. The highest BCUT2D eigenvalue weighted by molar-refractivity contribution is 7.11. The lowest BCUT2D eigenvalue weighted by molar-refractivity contribution is -0.148. The Morgan fingerprint density at radius 1 is 1.18 bits per heavy atom. The summed E-state index contributed by atoms with van der Waals surface area (Å²) in [4.78, 5) is 32.2. The van der Waals surface area contributed by atoms with Crippen LogP contribution >= 0.6 is 11.3 Å². The maximum Gasteiger partial charge on any atom is 0.246 e. The third kappa shape index (κ3) is 4.26. The monoisotopic (exact) mass is 404 g/mol. The number of nitrogens with zero attached hydrogens (tertiary/aromatic N) is 2. The van der Waals surface area contributed by atoms with Crippen LogP contribution in [0.3, 0.4) is 0 Å². The molecule has 7 heteroatoms. The largest absolute Gasteiger partial charge is 0.342 e. The molecule has 2 N–H and O–H groups in total. The average Bonchev–Trinajstić information content (AvgIpc) is 3.31. The molecule has 3 fully saturated rings. The molecule has 0 aliphatic carbocycles. The van der Waals surface area contributed by atoms with Crippen molar-refractivity contribution >= 4 is 23.2 Å². The summed E-state index contributed by atoms with van der Waals surface area (Å²) < 4.78 is 0. The van der Waals surface area contributed by atoms with E-state index in [4.69, 9.17) is 0 Å². The molecule has 0 spiro atoms. The molecule has 0 aromatic carbocycles. The van der Waals surface area contributed by atoms with E-state index in [2.05, 4.69) is 27.7 Å². The van der Waals surface area contributed by atoms with Gasteiger partial charge in [0.2, 0.25) is 11.8 Å². The molecule has 0 radical (unpaired) electrons. The zero-order chi connectivity index (χ0) is 19.7. The molecule has 6 nitrogen and oxygen atoms in total. The smallest absolute Gasteiger partial charge is 0.246 e. The predicted octanol–water partition coefficient (Wildman–Crippen LogP) is 1.95. The molecule has 4 heterocycles. The highest BCUT2D eigenvalue weighted by Gasteiger charge is 2.46. The molecule has 0 bridgehead atoms. The molecule has 3 aliphatic heterocycles. The van der Waals surface area contributed by atoms with Crippen molar-refractivity contribution in [2.75, 3.05) is 19.6 Å². The quantitative estimate of drug-likeness (QED) is 0.761. The number of thiophene rings is 1. The second-order valence-electron chi connectivity index (χ2n) is 8.76. The van der Waals surface area contributed by atoms with Crippen LogP contribution in [-0.2, 0) is 22.7 Å². The van der Waals surface area contributed by atoms with Crippen LogP contribution in [0, 0.1) is 5.92 Å². The molecular formula is C21H32N4O2S. The van der Waals surface area contributed by atoms with E-state index in [1.165, 1.54) is 42.1 Å². The summed E-state index contributed by atoms with van der Waals surface area (Å²) in [5.41, 5.74) is 0. The van der Waals surface area contributed by atoms with Crippen molar-refractivity contribution in [3.8, 4) is 0 Å². The van der Waals surface area contributed by atoms with Crippen molar-refractivity contribution in [1.82, 2.24) is 20.4 Å². The van der Waals surface area contributed by atoms with Gasteiger partial charge in [0.15, 0.2) is 0 Å². The average molecular weight is 405 g/mol. The number of carbonyl (C=O) groups is 2. The zero-order valence-corrected chi connectivity index (χ0v) is 17.8. The van der Waals surface area contributed by atoms with Crippen LogP contribution in [0.1, 0.15) is 49.3 Å². The van der Waals surface area contributed by atoms with E-state index in [9.17, 15) is 9.59 Å². The van der Waals surface area contributed by atoms with E-state index in [0.29, 0.717) is 13.0 Å². The van der Waals surface area contributed by atoms with Gasteiger partial charge in [-0.25, -0.2) is 0 Å². The van der Waals surface area contributed by atoms with E-state index in [1.807, 2.05) is 25.2 Å². The van der Waals surface area contributed by atoms with Crippen LogP contribution in [0.2, 0.25) is 0 Å². The minimum Gasteiger partial charge on any atom is -0.342 e. The normalized spacial score (nSPS) is 28.7. The maximum atomic E-state index is 12.7. The molecule has 3 saturated heterocycles. The first-order valence-corrected chi connectivity index (χ1v) is 11.5. The van der Waals surface area contributed by atoms with Crippen molar-refractivity contribution < 1.29 is 9.59 Å². The van der Waals surface area contributed by atoms with Crippen LogP contribution in [0.4, 0.5) is 0 Å². The van der Waals surface area contributed by atoms with Gasteiger partial charge in [-0.05, 0) is 50.4 Å². The molecular weight excluding hydrogens is 372 g/mol. The highest BCUT2D eigenvalue weighted by Crippen LogP contribution is 2.26. The van der Waals surface area contributed by atoms with E-state index >= 15 is 0 Å². The Labute approximate surface area is 171 Å². The second kappa shape index (κ2) is 8.51. The van der Waals surface area contributed by atoms with Crippen LogP contribution in [0.15, 0.2) is 12.1 Å². The van der Waals surface area contributed by atoms with Crippen molar-refractivity contribution in [1.29, 1.82) is 0 Å². The minimum atomic E-state index is -0.378. The number of likely N-dealkylation sites (tertiary alicyclic amines) is 1. The molecule has 1 aromatic rings. The second-order valence-corrected chi connectivity index (χ2v) is 10.0. The van der Waals surface area contributed by atoms with Gasteiger partial charge in [0.1, 0.15) is 12.1 Å². The number of rotatable bonds is 6. The summed E-state index contributed by atoms with van der Waals surface area (Å²) in [5.74, 6) is 0.195. The first-order valence-electron chi connectivity index (χ1n) is 10.7. The van der Waals surface area contributed by atoms with E-state index in [0.717, 1.165) is 13.1 Å². The third-order valence-corrected chi connectivity index (χ3v) is 7.30. The van der Waals surface area contributed by atoms with Gasteiger partial charge in [0, 0.05) is 35.4 Å². The molecule has 154 valence electrons. The minimum absolute atomic E-state index is 0.00235. The van der Waals surface area contributed by atoms with Crippen LogP contribution in [-0.4, -0.2) is 59.4 Å². The number of hydrogen-bond donors (Lipinski definition) is 2. The van der Waals surface area contributed by atoms with Crippen molar-refractivity contribution in [2.24, 2.45) is 5.92 Å². The Kier molecular flexibility index (Phi) is 6.04.